The number of H-pyrrole nitrogens is 2. The molecule has 0 radical (unpaired) electrons. The Morgan fingerprint density at radius 1 is 1.17 bits per heavy atom. The molecule has 1 amide bonds. The van der Waals surface area contributed by atoms with Crippen molar-refractivity contribution < 1.29 is 4.79 Å². The maximum absolute atomic E-state index is 12.1. The van der Waals surface area contributed by atoms with Crippen molar-refractivity contribution in [3.63, 3.8) is 0 Å². The first-order valence-electron chi connectivity index (χ1n) is 5.71. The first kappa shape index (κ1) is 10.8. The lowest BCUT2D eigenvalue weighted by molar-refractivity contribution is 0.0952. The van der Waals surface area contributed by atoms with Gasteiger partial charge in [-0.1, -0.05) is 0 Å². The fourth-order valence-corrected chi connectivity index (χ4v) is 2.32. The third-order valence-corrected chi connectivity index (χ3v) is 3.27. The first-order chi connectivity index (χ1) is 8.59. The molecule has 0 saturated carbocycles. The van der Waals surface area contributed by atoms with Crippen molar-refractivity contribution in [3.8, 4) is 0 Å². The van der Waals surface area contributed by atoms with Crippen molar-refractivity contribution >= 4 is 16.9 Å². The molecular formula is C11H12N4O3. The number of hydrogen-bond acceptors (Lipinski definition) is 3. The van der Waals surface area contributed by atoms with Gasteiger partial charge in [0.25, 0.3) is 11.5 Å². The Morgan fingerprint density at radius 3 is 2.72 bits per heavy atom. The number of nitrogens with one attached hydrogen (secondary N) is 3. The van der Waals surface area contributed by atoms with Gasteiger partial charge >= 0.3 is 5.69 Å². The highest BCUT2D eigenvalue weighted by atomic mass is 16.2. The molecule has 0 unspecified atom stereocenters. The second-order valence-electron chi connectivity index (χ2n) is 4.38. The summed E-state index contributed by atoms with van der Waals surface area (Å²) in [6.45, 7) is 0.590. The molecule has 3 N–H and O–H groups in total. The maximum Gasteiger partial charge on any atom is 0.329 e. The molecule has 3 heterocycles. The molecule has 1 aliphatic heterocycles. The van der Waals surface area contributed by atoms with E-state index in [1.165, 1.54) is 7.05 Å². The number of hydrogen-bond donors (Lipinski definition) is 3. The van der Waals surface area contributed by atoms with E-state index in [0.29, 0.717) is 35.3 Å². The zero-order valence-corrected chi connectivity index (χ0v) is 9.79. The summed E-state index contributed by atoms with van der Waals surface area (Å²) in [5.74, 6) is -0.235. The van der Waals surface area contributed by atoms with Gasteiger partial charge in [-0.2, -0.15) is 0 Å². The summed E-state index contributed by atoms with van der Waals surface area (Å²) in [6, 6.07) is 0. The Kier molecular flexibility index (Phi) is 2.16. The molecule has 0 bridgehead atoms. The third kappa shape index (κ3) is 1.33. The van der Waals surface area contributed by atoms with Crippen LogP contribution < -0.4 is 16.6 Å². The van der Waals surface area contributed by atoms with Gasteiger partial charge in [-0.3, -0.25) is 19.1 Å². The van der Waals surface area contributed by atoms with E-state index in [1.807, 2.05) is 0 Å². The molecule has 18 heavy (non-hydrogen) atoms. The zero-order chi connectivity index (χ0) is 12.9. The zero-order valence-electron chi connectivity index (χ0n) is 9.79. The van der Waals surface area contributed by atoms with E-state index in [0.717, 1.165) is 11.0 Å². The molecule has 0 fully saturated rings. The predicted molar refractivity (Wildman–Crippen MR) is 64.8 cm³/mol. The van der Waals surface area contributed by atoms with Crippen LogP contribution in [0.3, 0.4) is 0 Å². The number of amides is 1. The molecule has 0 aromatic carbocycles. The van der Waals surface area contributed by atoms with E-state index in [1.54, 1.807) is 0 Å². The quantitative estimate of drug-likeness (QED) is 0.570. The number of aromatic nitrogens is 3. The normalized spacial score (nSPS) is 15.3. The lowest BCUT2D eigenvalue weighted by Crippen LogP contribution is -2.32. The Bertz CT molecular complexity index is 765. The highest BCUT2D eigenvalue weighted by Gasteiger charge is 2.23. The van der Waals surface area contributed by atoms with Gasteiger partial charge in [0, 0.05) is 13.6 Å². The van der Waals surface area contributed by atoms with E-state index in [2.05, 4.69) is 15.3 Å². The van der Waals surface area contributed by atoms with Crippen LogP contribution in [0.2, 0.25) is 0 Å². The number of carbonyl (C=O) groups is 1. The van der Waals surface area contributed by atoms with Crippen LogP contribution in [-0.2, 0) is 13.5 Å². The molecule has 0 aliphatic carbocycles. The van der Waals surface area contributed by atoms with Gasteiger partial charge in [-0.05, 0) is 18.4 Å². The van der Waals surface area contributed by atoms with Crippen molar-refractivity contribution in [2.75, 3.05) is 6.54 Å². The molecule has 2 aromatic heterocycles. The van der Waals surface area contributed by atoms with Crippen LogP contribution in [0.4, 0.5) is 0 Å². The number of aromatic amines is 2. The van der Waals surface area contributed by atoms with Crippen LogP contribution in [0, 0.1) is 0 Å². The summed E-state index contributed by atoms with van der Waals surface area (Å²) < 4.78 is 1.01. The van der Waals surface area contributed by atoms with E-state index >= 15 is 0 Å². The van der Waals surface area contributed by atoms with E-state index < -0.39 is 5.69 Å². The number of carbonyl (C=O) groups excluding carboxylic acids is 1. The molecule has 7 heteroatoms. The van der Waals surface area contributed by atoms with Gasteiger partial charge in [-0.25, -0.2) is 4.79 Å². The minimum Gasteiger partial charge on any atom is -0.351 e. The number of nitrogens with zero attached hydrogens (tertiary/aromatic N) is 1. The molecule has 1 aliphatic rings. The van der Waals surface area contributed by atoms with Crippen LogP contribution in [0.1, 0.15) is 22.5 Å². The third-order valence-electron chi connectivity index (χ3n) is 3.27. The number of fused-ring (bicyclic) bond motifs is 3. The second-order valence-corrected chi connectivity index (χ2v) is 4.38. The van der Waals surface area contributed by atoms with Crippen molar-refractivity contribution in [1.82, 2.24) is 19.9 Å². The van der Waals surface area contributed by atoms with E-state index in [4.69, 9.17) is 0 Å². The average molecular weight is 248 g/mol. The molecule has 0 spiro atoms. The van der Waals surface area contributed by atoms with Crippen molar-refractivity contribution in [2.24, 2.45) is 7.05 Å². The van der Waals surface area contributed by atoms with Crippen LogP contribution in [0.15, 0.2) is 9.59 Å². The van der Waals surface area contributed by atoms with Gasteiger partial charge in [0.2, 0.25) is 0 Å². The summed E-state index contributed by atoms with van der Waals surface area (Å²) in [5, 5.41) is 3.15. The van der Waals surface area contributed by atoms with E-state index in [-0.39, 0.29) is 11.5 Å². The average Bonchev–Trinajstić information content (AvgIpc) is 2.61. The monoisotopic (exact) mass is 248 g/mol. The van der Waals surface area contributed by atoms with E-state index in [9.17, 15) is 14.4 Å². The summed E-state index contributed by atoms with van der Waals surface area (Å²) >= 11 is 0. The second kappa shape index (κ2) is 3.59. The smallest absolute Gasteiger partial charge is 0.329 e. The molecule has 7 nitrogen and oxygen atoms in total. The fourth-order valence-electron chi connectivity index (χ4n) is 2.32. The first-order valence-corrected chi connectivity index (χ1v) is 5.71. The summed E-state index contributed by atoms with van der Waals surface area (Å²) in [5.41, 5.74) is 0.522. The lowest BCUT2D eigenvalue weighted by atomic mass is 10.1. The van der Waals surface area contributed by atoms with Gasteiger partial charge in [-0.15, -0.1) is 0 Å². The lowest BCUT2D eigenvalue weighted by Gasteiger charge is -1.98. The van der Waals surface area contributed by atoms with Crippen LogP contribution in [0.5, 0.6) is 0 Å². The Morgan fingerprint density at radius 2 is 1.94 bits per heavy atom. The van der Waals surface area contributed by atoms with Crippen molar-refractivity contribution in [2.45, 2.75) is 12.8 Å². The maximum atomic E-state index is 12.1. The van der Waals surface area contributed by atoms with Gasteiger partial charge in [0.05, 0.1) is 5.39 Å². The highest BCUT2D eigenvalue weighted by molar-refractivity contribution is 6.00. The molecular weight excluding hydrogens is 236 g/mol. The van der Waals surface area contributed by atoms with Crippen LogP contribution in [0.25, 0.3) is 11.0 Å². The summed E-state index contributed by atoms with van der Waals surface area (Å²) in [6.07, 6.45) is 1.41. The minimum absolute atomic E-state index is 0.235. The molecule has 3 rings (SSSR count). The molecule has 0 saturated heterocycles. The Hall–Kier alpha value is -2.31. The molecule has 94 valence electrons. The van der Waals surface area contributed by atoms with Gasteiger partial charge < -0.3 is 10.3 Å². The SMILES string of the molecule is Cn1c(=O)[nH]c2[nH]c3c(c2c1=O)CCCNC3=O. The summed E-state index contributed by atoms with van der Waals surface area (Å²) in [7, 11) is 1.41. The topological polar surface area (TPSA) is 99.8 Å². The largest absolute Gasteiger partial charge is 0.351 e. The standard InChI is InChI=1S/C11H12N4O3/c1-15-10(17)6-5-3-2-4-12-9(16)7(5)13-8(6)14-11(15)18/h13H,2-4H2,1H3,(H,12,16)(H,14,18). The van der Waals surface area contributed by atoms with Gasteiger partial charge in [0.15, 0.2) is 0 Å². The number of aryl methyl sites for hydroxylation is 1. The summed E-state index contributed by atoms with van der Waals surface area (Å²) in [4.78, 5) is 40.8. The molecule has 0 atom stereocenters. The minimum atomic E-state index is -0.496. The van der Waals surface area contributed by atoms with Gasteiger partial charge in [0.1, 0.15) is 11.3 Å². The fraction of sp³-hybridized carbons (Fsp3) is 0.364. The Balaban J connectivity index is 2.46. The van der Waals surface area contributed by atoms with Crippen molar-refractivity contribution in [3.05, 3.63) is 32.1 Å². The highest BCUT2D eigenvalue weighted by Crippen LogP contribution is 2.20. The van der Waals surface area contributed by atoms with Crippen molar-refractivity contribution in [1.29, 1.82) is 0 Å². The Labute approximate surface area is 101 Å². The number of rotatable bonds is 0. The van der Waals surface area contributed by atoms with Crippen LogP contribution >= 0.6 is 0 Å². The predicted octanol–water partition coefficient (Wildman–Crippen LogP) is -0.769. The van der Waals surface area contributed by atoms with Crippen LogP contribution in [-0.4, -0.2) is 27.0 Å². The molecule has 2 aromatic rings.